The van der Waals surface area contributed by atoms with E-state index in [0.29, 0.717) is 10.0 Å². The number of rotatable bonds is 2. The van der Waals surface area contributed by atoms with Gasteiger partial charge >= 0.3 is 0 Å². The number of nitrogens with two attached hydrogens (primary N) is 1. The molecule has 0 atom stereocenters. The molecule has 1 aromatic carbocycles. The summed E-state index contributed by atoms with van der Waals surface area (Å²) in [5.41, 5.74) is 1.13. The minimum absolute atomic E-state index is 0.597. The Bertz CT molecular complexity index is 248. The van der Waals surface area contributed by atoms with Gasteiger partial charge in [0, 0.05) is 5.56 Å². The van der Waals surface area contributed by atoms with E-state index in [1.165, 1.54) is 0 Å². The third kappa shape index (κ3) is 2.37. The standard InChI is InChI=1S/C8H9Cl2N/c1-11-5-6-2-3-7(9)8(10)4-6/h2-4H,1,5,11H2. The molecule has 1 rings (SSSR count). The second-order valence-electron chi connectivity index (χ2n) is 2.24. The van der Waals surface area contributed by atoms with Crippen LogP contribution < -0.4 is 5.32 Å². The molecule has 60 valence electrons. The van der Waals surface area contributed by atoms with Crippen LogP contribution in [0.25, 0.3) is 0 Å². The van der Waals surface area contributed by atoms with Crippen molar-refractivity contribution in [2.24, 2.45) is 0 Å². The number of hydrogen-bond donors (Lipinski definition) is 1. The molecule has 3 heteroatoms. The van der Waals surface area contributed by atoms with Gasteiger partial charge in [0.15, 0.2) is 0 Å². The molecule has 1 aromatic rings. The zero-order valence-corrected chi connectivity index (χ0v) is 7.49. The Hall–Kier alpha value is -0.240. The number of halogens is 2. The van der Waals surface area contributed by atoms with Crippen LogP contribution in [0.5, 0.6) is 0 Å². The lowest BCUT2D eigenvalue weighted by Crippen LogP contribution is -2.74. The summed E-state index contributed by atoms with van der Waals surface area (Å²) >= 11 is 11.5. The molecule has 0 unspecified atom stereocenters. The number of quaternary nitrogens is 1. The predicted molar refractivity (Wildman–Crippen MR) is 47.4 cm³/mol. The number of benzene rings is 1. The Labute approximate surface area is 76.3 Å². The van der Waals surface area contributed by atoms with E-state index in [0.717, 1.165) is 12.1 Å². The van der Waals surface area contributed by atoms with Gasteiger partial charge in [0.1, 0.15) is 0 Å². The molecule has 11 heavy (non-hydrogen) atoms. The summed E-state index contributed by atoms with van der Waals surface area (Å²) in [6.45, 7) is 0.830. The van der Waals surface area contributed by atoms with Gasteiger partial charge in [-0.15, -0.1) is 0 Å². The lowest BCUT2D eigenvalue weighted by Gasteiger charge is -2.01. The zero-order chi connectivity index (χ0) is 8.27. The highest BCUT2D eigenvalue weighted by Gasteiger charge is 1.97. The van der Waals surface area contributed by atoms with Crippen LogP contribution in [0.1, 0.15) is 5.56 Å². The Kier molecular flexibility index (Phi) is 3.18. The van der Waals surface area contributed by atoms with Crippen molar-refractivity contribution in [3.63, 3.8) is 0 Å². The maximum Gasteiger partial charge on any atom is 0.0773 e. The Morgan fingerprint density at radius 2 is 2.00 bits per heavy atom. The van der Waals surface area contributed by atoms with Crippen LogP contribution in [-0.2, 0) is 6.54 Å². The molecule has 0 heterocycles. The molecule has 0 bridgehead atoms. The smallest absolute Gasteiger partial charge is 0.0773 e. The van der Waals surface area contributed by atoms with Gasteiger partial charge in [0.05, 0.1) is 16.6 Å². The molecule has 2 N–H and O–H groups in total. The second-order valence-corrected chi connectivity index (χ2v) is 3.06. The molecule has 1 nitrogen and oxygen atoms in total. The van der Waals surface area contributed by atoms with Crippen molar-refractivity contribution in [2.45, 2.75) is 6.54 Å². The first-order valence-electron chi connectivity index (χ1n) is 3.29. The van der Waals surface area contributed by atoms with Crippen molar-refractivity contribution >= 4 is 23.2 Å². The highest BCUT2D eigenvalue weighted by Crippen LogP contribution is 2.21. The molecule has 0 radical (unpaired) electrons. The van der Waals surface area contributed by atoms with E-state index in [1.54, 1.807) is 6.07 Å². The molecule has 0 aliphatic carbocycles. The van der Waals surface area contributed by atoms with Crippen molar-refractivity contribution < 1.29 is 5.32 Å². The first kappa shape index (κ1) is 8.85. The lowest BCUT2D eigenvalue weighted by atomic mass is 10.2. The van der Waals surface area contributed by atoms with Gasteiger partial charge in [0.2, 0.25) is 0 Å². The highest BCUT2D eigenvalue weighted by atomic mass is 35.5. The molecule has 0 spiro atoms. The van der Waals surface area contributed by atoms with Crippen molar-refractivity contribution in [3.8, 4) is 0 Å². The lowest BCUT2D eigenvalue weighted by molar-refractivity contribution is -0.612. The van der Waals surface area contributed by atoms with Gasteiger partial charge in [-0.1, -0.05) is 29.3 Å². The fourth-order valence-corrected chi connectivity index (χ4v) is 1.15. The van der Waals surface area contributed by atoms with Crippen LogP contribution >= 0.6 is 23.2 Å². The van der Waals surface area contributed by atoms with E-state index in [2.05, 4.69) is 7.05 Å². The fourth-order valence-electron chi connectivity index (χ4n) is 0.833. The summed E-state index contributed by atoms with van der Waals surface area (Å²) in [4.78, 5) is 0. The molecule has 0 amide bonds. The van der Waals surface area contributed by atoms with E-state index < -0.39 is 0 Å². The fraction of sp³-hybridized carbons (Fsp3) is 0.125. The molecular weight excluding hydrogens is 181 g/mol. The van der Waals surface area contributed by atoms with Crippen molar-refractivity contribution in [3.05, 3.63) is 40.9 Å². The summed E-state index contributed by atoms with van der Waals surface area (Å²) in [5.74, 6) is 0. The Balaban J connectivity index is 2.86. The molecule has 0 aliphatic heterocycles. The molecule has 0 fully saturated rings. The third-order valence-corrected chi connectivity index (χ3v) is 2.10. The van der Waals surface area contributed by atoms with E-state index in [-0.39, 0.29) is 0 Å². The third-order valence-electron chi connectivity index (χ3n) is 1.36. The quantitative estimate of drug-likeness (QED) is 0.685. The van der Waals surface area contributed by atoms with Crippen LogP contribution in [0, 0.1) is 7.05 Å². The van der Waals surface area contributed by atoms with Gasteiger partial charge < -0.3 is 5.32 Å². The summed E-state index contributed by atoms with van der Waals surface area (Å²) in [5, 5.41) is 3.03. The van der Waals surface area contributed by atoms with Gasteiger partial charge in [-0.25, -0.2) is 0 Å². The molecule has 0 aliphatic rings. The number of hydrogen-bond acceptors (Lipinski definition) is 0. The van der Waals surface area contributed by atoms with Crippen LogP contribution in [-0.4, -0.2) is 0 Å². The summed E-state index contributed by atoms with van der Waals surface area (Å²) in [6.07, 6.45) is 0. The van der Waals surface area contributed by atoms with Gasteiger partial charge in [-0.05, 0) is 12.1 Å². The largest absolute Gasteiger partial charge is 0.475 e. The van der Waals surface area contributed by atoms with Crippen LogP contribution in [0.15, 0.2) is 18.2 Å². The first-order chi connectivity index (χ1) is 5.24. The van der Waals surface area contributed by atoms with Crippen LogP contribution in [0.3, 0.4) is 0 Å². The highest BCUT2D eigenvalue weighted by molar-refractivity contribution is 6.41. The van der Waals surface area contributed by atoms with E-state index in [1.807, 2.05) is 17.4 Å². The van der Waals surface area contributed by atoms with Crippen LogP contribution in [0.4, 0.5) is 0 Å². The normalized spacial score (nSPS) is 10.1. The monoisotopic (exact) mass is 189 g/mol. The average Bonchev–Trinajstić information content (AvgIpc) is 1.98. The maximum atomic E-state index is 5.78. The predicted octanol–water partition coefficient (Wildman–Crippen LogP) is 1.85. The minimum atomic E-state index is 0.597. The van der Waals surface area contributed by atoms with Crippen molar-refractivity contribution in [1.82, 2.24) is 0 Å². The SMILES string of the molecule is [CH2-][NH2+]Cc1ccc(Cl)c(Cl)c1. The van der Waals surface area contributed by atoms with E-state index >= 15 is 0 Å². The summed E-state index contributed by atoms with van der Waals surface area (Å²) in [7, 11) is 3.63. The summed E-state index contributed by atoms with van der Waals surface area (Å²) < 4.78 is 0. The average molecular weight is 190 g/mol. The molecule has 0 saturated carbocycles. The van der Waals surface area contributed by atoms with Crippen LogP contribution in [0.2, 0.25) is 10.0 Å². The van der Waals surface area contributed by atoms with E-state index in [4.69, 9.17) is 23.2 Å². The molecular formula is C8H9Cl2N. The van der Waals surface area contributed by atoms with Gasteiger partial charge in [-0.2, -0.15) is 7.05 Å². The van der Waals surface area contributed by atoms with Gasteiger partial charge in [0.25, 0.3) is 0 Å². The molecule has 0 aromatic heterocycles. The maximum absolute atomic E-state index is 5.78. The topological polar surface area (TPSA) is 16.6 Å². The second kappa shape index (κ2) is 3.96. The van der Waals surface area contributed by atoms with Gasteiger partial charge in [-0.3, -0.25) is 0 Å². The molecule has 0 saturated heterocycles. The zero-order valence-electron chi connectivity index (χ0n) is 5.98. The summed E-state index contributed by atoms with van der Waals surface area (Å²) in [6, 6.07) is 5.59. The first-order valence-corrected chi connectivity index (χ1v) is 4.04. The minimum Gasteiger partial charge on any atom is -0.475 e. The Morgan fingerprint density at radius 3 is 2.55 bits per heavy atom. The van der Waals surface area contributed by atoms with E-state index in [9.17, 15) is 0 Å². The Morgan fingerprint density at radius 1 is 1.27 bits per heavy atom. The van der Waals surface area contributed by atoms with Crippen molar-refractivity contribution in [1.29, 1.82) is 0 Å². The van der Waals surface area contributed by atoms with Crippen molar-refractivity contribution in [2.75, 3.05) is 0 Å².